The van der Waals surface area contributed by atoms with Gasteiger partial charge in [-0.05, 0) is 30.2 Å². The predicted octanol–water partition coefficient (Wildman–Crippen LogP) is 4.66. The Morgan fingerprint density at radius 3 is 2.67 bits per heavy atom. The Balaban J connectivity index is 1.60. The van der Waals surface area contributed by atoms with E-state index in [0.717, 1.165) is 16.4 Å². The Hall–Kier alpha value is -2.59. The van der Waals surface area contributed by atoms with Crippen LogP contribution in [0.15, 0.2) is 60.8 Å². The van der Waals surface area contributed by atoms with Crippen LogP contribution in [0.3, 0.4) is 0 Å². The molecule has 0 unspecified atom stereocenters. The summed E-state index contributed by atoms with van der Waals surface area (Å²) in [7, 11) is 0. The SMILES string of the molecule is Cc1cccc(CNc2nccc(NCc3ccccc3Cl)n2)c1. The number of aryl methyl sites for hydroxylation is 1. The summed E-state index contributed by atoms with van der Waals surface area (Å²) in [4.78, 5) is 8.74. The van der Waals surface area contributed by atoms with Crippen molar-refractivity contribution in [2.24, 2.45) is 0 Å². The van der Waals surface area contributed by atoms with E-state index >= 15 is 0 Å². The van der Waals surface area contributed by atoms with Gasteiger partial charge < -0.3 is 10.6 Å². The summed E-state index contributed by atoms with van der Waals surface area (Å²) in [5.74, 6) is 1.36. The van der Waals surface area contributed by atoms with Crippen molar-refractivity contribution in [1.29, 1.82) is 0 Å². The second kappa shape index (κ2) is 7.79. The number of rotatable bonds is 6. The zero-order valence-corrected chi connectivity index (χ0v) is 14.2. The van der Waals surface area contributed by atoms with Gasteiger partial charge in [0.1, 0.15) is 5.82 Å². The Kier molecular flexibility index (Phi) is 5.29. The highest BCUT2D eigenvalue weighted by Crippen LogP contribution is 2.16. The number of hydrogen-bond donors (Lipinski definition) is 2. The van der Waals surface area contributed by atoms with E-state index in [2.05, 4.69) is 51.8 Å². The smallest absolute Gasteiger partial charge is 0.224 e. The second-order valence-electron chi connectivity index (χ2n) is 5.55. The third kappa shape index (κ3) is 4.46. The van der Waals surface area contributed by atoms with E-state index in [-0.39, 0.29) is 0 Å². The molecule has 2 N–H and O–H groups in total. The maximum atomic E-state index is 6.17. The molecule has 24 heavy (non-hydrogen) atoms. The maximum absolute atomic E-state index is 6.17. The van der Waals surface area contributed by atoms with Gasteiger partial charge in [-0.2, -0.15) is 4.98 Å². The Morgan fingerprint density at radius 1 is 0.958 bits per heavy atom. The molecule has 0 fully saturated rings. The fourth-order valence-electron chi connectivity index (χ4n) is 2.37. The van der Waals surface area contributed by atoms with Crippen LogP contribution in [-0.2, 0) is 13.1 Å². The van der Waals surface area contributed by atoms with Crippen molar-refractivity contribution in [3.63, 3.8) is 0 Å². The lowest BCUT2D eigenvalue weighted by atomic mass is 10.1. The lowest BCUT2D eigenvalue weighted by molar-refractivity contribution is 1.03. The molecule has 1 aromatic heterocycles. The molecule has 0 aliphatic rings. The fraction of sp³-hybridized carbons (Fsp3) is 0.158. The van der Waals surface area contributed by atoms with Crippen molar-refractivity contribution in [1.82, 2.24) is 9.97 Å². The number of aromatic nitrogens is 2. The molecule has 122 valence electrons. The van der Waals surface area contributed by atoms with Crippen LogP contribution in [0.5, 0.6) is 0 Å². The third-order valence-electron chi connectivity index (χ3n) is 3.61. The summed E-state index contributed by atoms with van der Waals surface area (Å²) in [6, 6.07) is 18.0. The molecule has 0 atom stereocenters. The minimum atomic E-state index is 0.598. The van der Waals surface area contributed by atoms with Gasteiger partial charge in [-0.3, -0.25) is 0 Å². The van der Waals surface area contributed by atoms with Gasteiger partial charge in [-0.15, -0.1) is 0 Å². The normalized spacial score (nSPS) is 10.4. The van der Waals surface area contributed by atoms with Gasteiger partial charge in [-0.1, -0.05) is 59.6 Å². The summed E-state index contributed by atoms with van der Waals surface area (Å²) in [6.07, 6.45) is 1.74. The lowest BCUT2D eigenvalue weighted by Crippen LogP contribution is -2.07. The average Bonchev–Trinajstić information content (AvgIpc) is 2.60. The van der Waals surface area contributed by atoms with Crippen LogP contribution in [0.2, 0.25) is 5.02 Å². The van der Waals surface area contributed by atoms with Crippen LogP contribution >= 0.6 is 11.6 Å². The van der Waals surface area contributed by atoms with Crippen LogP contribution in [-0.4, -0.2) is 9.97 Å². The molecule has 0 saturated heterocycles. The molecule has 5 heteroatoms. The molecule has 0 bridgehead atoms. The number of nitrogens with one attached hydrogen (secondary N) is 2. The van der Waals surface area contributed by atoms with Crippen molar-refractivity contribution >= 4 is 23.4 Å². The van der Waals surface area contributed by atoms with E-state index in [1.54, 1.807) is 6.20 Å². The molecule has 0 aliphatic heterocycles. The molecule has 2 aromatic carbocycles. The van der Waals surface area contributed by atoms with Gasteiger partial charge in [0.05, 0.1) is 0 Å². The van der Waals surface area contributed by atoms with E-state index in [1.165, 1.54) is 11.1 Å². The topological polar surface area (TPSA) is 49.8 Å². The standard InChI is InChI=1S/C19H19ClN4/c1-14-5-4-6-15(11-14)12-23-19-21-10-9-18(24-19)22-13-16-7-2-3-8-17(16)20/h2-11H,12-13H2,1H3,(H2,21,22,23,24). The summed E-state index contributed by atoms with van der Waals surface area (Å²) in [5.41, 5.74) is 3.48. The van der Waals surface area contributed by atoms with Gasteiger partial charge in [0.15, 0.2) is 0 Å². The van der Waals surface area contributed by atoms with E-state index in [4.69, 9.17) is 11.6 Å². The van der Waals surface area contributed by atoms with E-state index in [0.29, 0.717) is 19.0 Å². The molecule has 0 radical (unpaired) electrons. The van der Waals surface area contributed by atoms with Crippen LogP contribution in [0, 0.1) is 6.92 Å². The zero-order valence-electron chi connectivity index (χ0n) is 13.5. The summed E-state index contributed by atoms with van der Waals surface area (Å²) in [5, 5.41) is 7.27. The first-order chi connectivity index (χ1) is 11.7. The Morgan fingerprint density at radius 2 is 1.83 bits per heavy atom. The number of hydrogen-bond acceptors (Lipinski definition) is 4. The van der Waals surface area contributed by atoms with E-state index < -0.39 is 0 Å². The van der Waals surface area contributed by atoms with Gasteiger partial charge in [0, 0.05) is 24.3 Å². The third-order valence-corrected chi connectivity index (χ3v) is 3.98. The molecule has 0 saturated carbocycles. The average molecular weight is 339 g/mol. The lowest BCUT2D eigenvalue weighted by Gasteiger charge is -2.09. The van der Waals surface area contributed by atoms with Gasteiger partial charge in [0.2, 0.25) is 5.95 Å². The monoisotopic (exact) mass is 338 g/mol. The minimum Gasteiger partial charge on any atom is -0.366 e. The molecule has 3 aromatic rings. The van der Waals surface area contributed by atoms with Crippen molar-refractivity contribution in [2.45, 2.75) is 20.0 Å². The highest BCUT2D eigenvalue weighted by Gasteiger charge is 2.02. The Labute approximate surface area is 146 Å². The summed E-state index contributed by atoms with van der Waals surface area (Å²) < 4.78 is 0. The number of halogens is 1. The highest BCUT2D eigenvalue weighted by atomic mass is 35.5. The van der Waals surface area contributed by atoms with Crippen LogP contribution < -0.4 is 10.6 Å². The first kappa shape index (κ1) is 16.3. The number of nitrogens with zero attached hydrogens (tertiary/aromatic N) is 2. The predicted molar refractivity (Wildman–Crippen MR) is 99.3 cm³/mol. The number of benzene rings is 2. The fourth-order valence-corrected chi connectivity index (χ4v) is 2.58. The highest BCUT2D eigenvalue weighted by molar-refractivity contribution is 6.31. The Bertz CT molecular complexity index is 820. The molecule has 0 aliphatic carbocycles. The van der Waals surface area contributed by atoms with Crippen LogP contribution in [0.25, 0.3) is 0 Å². The first-order valence-corrected chi connectivity index (χ1v) is 8.18. The molecule has 4 nitrogen and oxygen atoms in total. The van der Waals surface area contributed by atoms with Crippen molar-refractivity contribution < 1.29 is 0 Å². The largest absolute Gasteiger partial charge is 0.366 e. The van der Waals surface area contributed by atoms with E-state index in [1.807, 2.05) is 30.3 Å². The van der Waals surface area contributed by atoms with Crippen molar-refractivity contribution in [3.05, 3.63) is 82.5 Å². The zero-order chi connectivity index (χ0) is 16.8. The molecule has 0 amide bonds. The first-order valence-electron chi connectivity index (χ1n) is 7.80. The summed E-state index contributed by atoms with van der Waals surface area (Å²) in [6.45, 7) is 3.39. The van der Waals surface area contributed by atoms with Gasteiger partial charge in [0.25, 0.3) is 0 Å². The van der Waals surface area contributed by atoms with Gasteiger partial charge in [-0.25, -0.2) is 4.98 Å². The molecular weight excluding hydrogens is 320 g/mol. The molecule has 3 rings (SSSR count). The quantitative estimate of drug-likeness (QED) is 0.686. The maximum Gasteiger partial charge on any atom is 0.224 e. The molecule has 0 spiro atoms. The summed E-state index contributed by atoms with van der Waals surface area (Å²) >= 11 is 6.17. The van der Waals surface area contributed by atoms with Crippen molar-refractivity contribution in [2.75, 3.05) is 10.6 Å². The molecule has 1 heterocycles. The number of anilines is 2. The van der Waals surface area contributed by atoms with Crippen LogP contribution in [0.1, 0.15) is 16.7 Å². The van der Waals surface area contributed by atoms with Gasteiger partial charge >= 0.3 is 0 Å². The van der Waals surface area contributed by atoms with Crippen molar-refractivity contribution in [3.8, 4) is 0 Å². The molecular formula is C19H19ClN4. The van der Waals surface area contributed by atoms with Crippen LogP contribution in [0.4, 0.5) is 11.8 Å². The minimum absolute atomic E-state index is 0.598. The second-order valence-corrected chi connectivity index (χ2v) is 5.96. The van der Waals surface area contributed by atoms with E-state index in [9.17, 15) is 0 Å².